The summed E-state index contributed by atoms with van der Waals surface area (Å²) in [4.78, 5) is 2.35. The van der Waals surface area contributed by atoms with E-state index in [1.165, 1.54) is 55.5 Å². The van der Waals surface area contributed by atoms with E-state index < -0.39 is 0 Å². The molecule has 10 aromatic rings. The second-order valence-corrected chi connectivity index (χ2v) is 15.3. The van der Waals surface area contributed by atoms with Crippen molar-refractivity contribution in [2.24, 2.45) is 0 Å². The van der Waals surface area contributed by atoms with Crippen molar-refractivity contribution in [1.29, 1.82) is 0 Å². The molecule has 0 unspecified atom stereocenters. The summed E-state index contributed by atoms with van der Waals surface area (Å²) in [6, 6.07) is 84.7. The zero-order valence-corrected chi connectivity index (χ0v) is 32.9. The molecular weight excluding hydrogens is 727 g/mol. The smallest absolute Gasteiger partial charge is 0.135 e. The Morgan fingerprint density at radius 1 is 0.250 bits per heavy atom. The molecule has 10 aromatic carbocycles. The Balaban J connectivity index is 1.05. The van der Waals surface area contributed by atoms with Crippen LogP contribution < -0.4 is 9.64 Å². The van der Waals surface area contributed by atoms with Crippen molar-refractivity contribution < 1.29 is 4.74 Å². The van der Waals surface area contributed by atoms with Gasteiger partial charge in [0.05, 0.1) is 0 Å². The van der Waals surface area contributed by atoms with Crippen LogP contribution in [0.2, 0.25) is 0 Å². The van der Waals surface area contributed by atoms with Crippen LogP contribution in [0.4, 0.5) is 17.1 Å². The number of hydrogen-bond donors (Lipinski definition) is 0. The van der Waals surface area contributed by atoms with Crippen LogP contribution in [0.1, 0.15) is 0 Å². The third-order valence-corrected chi connectivity index (χ3v) is 11.7. The summed E-state index contributed by atoms with van der Waals surface area (Å²) in [5.74, 6) is 1.68. The average Bonchev–Trinajstić information content (AvgIpc) is 3.46. The minimum Gasteiger partial charge on any atom is -0.456 e. The largest absolute Gasteiger partial charge is 0.456 e. The van der Waals surface area contributed by atoms with Crippen LogP contribution >= 0.6 is 0 Å². The Kier molecular flexibility index (Phi) is 8.87. The van der Waals surface area contributed by atoms with Gasteiger partial charge in [-0.1, -0.05) is 182 Å². The molecule has 0 saturated carbocycles. The second-order valence-electron chi connectivity index (χ2n) is 15.3. The summed E-state index contributed by atoms with van der Waals surface area (Å²) < 4.78 is 6.98. The first-order valence-electron chi connectivity index (χ1n) is 20.5. The molecule has 60 heavy (non-hydrogen) atoms. The van der Waals surface area contributed by atoms with Crippen LogP contribution in [0.5, 0.6) is 11.5 Å². The lowest BCUT2D eigenvalue weighted by atomic mass is 9.87. The zero-order chi connectivity index (χ0) is 39.8. The first-order chi connectivity index (χ1) is 29.7. The van der Waals surface area contributed by atoms with Gasteiger partial charge in [-0.25, -0.2) is 0 Å². The molecule has 0 aliphatic carbocycles. The molecule has 0 spiro atoms. The lowest BCUT2D eigenvalue weighted by molar-refractivity contribution is 0.488. The minimum absolute atomic E-state index is 0.827. The molecule has 1 aliphatic heterocycles. The van der Waals surface area contributed by atoms with Gasteiger partial charge in [-0.15, -0.1) is 0 Å². The third kappa shape index (κ3) is 6.51. The molecule has 0 fully saturated rings. The van der Waals surface area contributed by atoms with Gasteiger partial charge in [0.2, 0.25) is 0 Å². The molecule has 0 saturated heterocycles. The van der Waals surface area contributed by atoms with E-state index in [0.29, 0.717) is 0 Å². The highest BCUT2D eigenvalue weighted by Crippen LogP contribution is 2.52. The predicted molar refractivity (Wildman–Crippen MR) is 251 cm³/mol. The molecule has 282 valence electrons. The SMILES string of the molecule is c1ccc(-c2ccc(-c3ccc(N(c4ccc(-c5ccccc5)cc4)c4ccc5c(c4)-c4cccc(-c6ccccc6)c4-c4cc6ccccc6cc4O5)cc3)cc2)cc1. The maximum Gasteiger partial charge on any atom is 0.135 e. The van der Waals surface area contributed by atoms with Gasteiger partial charge < -0.3 is 9.64 Å². The van der Waals surface area contributed by atoms with Crippen molar-refractivity contribution in [2.75, 3.05) is 4.90 Å². The molecule has 0 aromatic heterocycles. The molecule has 0 amide bonds. The Bertz CT molecular complexity index is 3120. The van der Waals surface area contributed by atoms with Crippen LogP contribution in [0.15, 0.2) is 237 Å². The molecular formula is C58H39NO. The van der Waals surface area contributed by atoms with Gasteiger partial charge in [-0.3, -0.25) is 0 Å². The fraction of sp³-hybridized carbons (Fsp3) is 0. The summed E-state index contributed by atoms with van der Waals surface area (Å²) in [6.07, 6.45) is 0. The molecule has 0 radical (unpaired) electrons. The standard InChI is InChI=1S/C58H39NO/c1-4-13-40(14-5-1)42-23-25-43(26-24-42)45-29-33-50(34-30-45)59(49-31-27-44(28-32-49)41-15-6-2-7-16-41)51-35-36-56-54(39-51)53-22-12-21-52(46-17-8-3-9-18-46)58(53)55-37-47-19-10-11-20-48(47)38-57(55)60-56/h1-39H. The van der Waals surface area contributed by atoms with Crippen LogP contribution in [-0.4, -0.2) is 0 Å². The third-order valence-electron chi connectivity index (χ3n) is 11.7. The van der Waals surface area contributed by atoms with Gasteiger partial charge in [0.15, 0.2) is 0 Å². The lowest BCUT2D eigenvalue weighted by Crippen LogP contribution is -2.10. The molecule has 1 aliphatic rings. The normalized spacial score (nSPS) is 11.5. The van der Waals surface area contributed by atoms with Crippen LogP contribution in [-0.2, 0) is 0 Å². The van der Waals surface area contributed by atoms with Crippen molar-refractivity contribution >= 4 is 27.8 Å². The highest BCUT2D eigenvalue weighted by molar-refractivity contribution is 6.03. The summed E-state index contributed by atoms with van der Waals surface area (Å²) in [6.45, 7) is 0. The molecule has 11 rings (SSSR count). The summed E-state index contributed by atoms with van der Waals surface area (Å²) >= 11 is 0. The van der Waals surface area contributed by atoms with E-state index in [-0.39, 0.29) is 0 Å². The Morgan fingerprint density at radius 2 is 0.683 bits per heavy atom. The van der Waals surface area contributed by atoms with Crippen molar-refractivity contribution in [3.63, 3.8) is 0 Å². The maximum absolute atomic E-state index is 6.98. The van der Waals surface area contributed by atoms with Gasteiger partial charge in [-0.2, -0.15) is 0 Å². The fourth-order valence-electron chi connectivity index (χ4n) is 8.67. The van der Waals surface area contributed by atoms with E-state index >= 15 is 0 Å². The highest BCUT2D eigenvalue weighted by Gasteiger charge is 2.26. The molecule has 0 bridgehead atoms. The van der Waals surface area contributed by atoms with Gasteiger partial charge in [0.1, 0.15) is 11.5 Å². The first-order valence-corrected chi connectivity index (χ1v) is 20.5. The number of hydrogen-bond acceptors (Lipinski definition) is 2. The van der Waals surface area contributed by atoms with Crippen molar-refractivity contribution in [2.45, 2.75) is 0 Å². The molecule has 1 heterocycles. The number of nitrogens with zero attached hydrogens (tertiary/aromatic N) is 1. The van der Waals surface area contributed by atoms with Crippen LogP contribution in [0.25, 0.3) is 77.5 Å². The van der Waals surface area contributed by atoms with Gasteiger partial charge in [0.25, 0.3) is 0 Å². The Labute approximate surface area is 350 Å². The summed E-state index contributed by atoms with van der Waals surface area (Å²) in [5.41, 5.74) is 17.1. The molecule has 2 heteroatoms. The van der Waals surface area contributed by atoms with Gasteiger partial charge >= 0.3 is 0 Å². The van der Waals surface area contributed by atoms with Crippen LogP contribution in [0, 0.1) is 0 Å². The maximum atomic E-state index is 6.98. The van der Waals surface area contributed by atoms with Crippen molar-refractivity contribution in [3.05, 3.63) is 237 Å². The number of benzene rings is 10. The molecule has 0 N–H and O–H groups in total. The number of rotatable bonds is 7. The Morgan fingerprint density at radius 3 is 1.23 bits per heavy atom. The van der Waals surface area contributed by atoms with E-state index in [9.17, 15) is 0 Å². The molecule has 0 atom stereocenters. The summed E-state index contributed by atoms with van der Waals surface area (Å²) in [7, 11) is 0. The number of anilines is 3. The monoisotopic (exact) mass is 765 g/mol. The van der Waals surface area contributed by atoms with E-state index in [1.54, 1.807) is 0 Å². The fourth-order valence-corrected chi connectivity index (χ4v) is 8.67. The minimum atomic E-state index is 0.827. The lowest BCUT2D eigenvalue weighted by Gasteiger charge is -2.27. The predicted octanol–water partition coefficient (Wildman–Crippen LogP) is 16.4. The zero-order valence-electron chi connectivity index (χ0n) is 32.9. The highest BCUT2D eigenvalue weighted by atomic mass is 16.5. The van der Waals surface area contributed by atoms with E-state index in [0.717, 1.165) is 50.6 Å². The van der Waals surface area contributed by atoms with Crippen LogP contribution in [0.3, 0.4) is 0 Å². The summed E-state index contributed by atoms with van der Waals surface area (Å²) in [5, 5.41) is 2.33. The quantitative estimate of drug-likeness (QED) is 0.160. The molecule has 2 nitrogen and oxygen atoms in total. The Hall–Kier alpha value is -7.94. The van der Waals surface area contributed by atoms with Gasteiger partial charge in [-0.05, 0) is 115 Å². The van der Waals surface area contributed by atoms with Gasteiger partial charge in [0, 0.05) is 33.8 Å². The topological polar surface area (TPSA) is 12.5 Å². The first kappa shape index (κ1) is 35.2. The second kappa shape index (κ2) is 15.1. The number of ether oxygens (including phenoxy) is 1. The number of fused-ring (bicyclic) bond motifs is 6. The average molecular weight is 766 g/mol. The van der Waals surface area contributed by atoms with E-state index in [1.807, 2.05) is 0 Å². The van der Waals surface area contributed by atoms with Crippen molar-refractivity contribution in [1.82, 2.24) is 0 Å². The van der Waals surface area contributed by atoms with E-state index in [4.69, 9.17) is 4.74 Å². The van der Waals surface area contributed by atoms with Crippen molar-refractivity contribution in [3.8, 4) is 78.3 Å². The van der Waals surface area contributed by atoms with E-state index in [2.05, 4.69) is 241 Å².